The lowest BCUT2D eigenvalue weighted by Gasteiger charge is -2.19. The molecule has 7 heteroatoms. The predicted octanol–water partition coefficient (Wildman–Crippen LogP) is 2.03. The number of hydrogen-bond donors (Lipinski definition) is 0. The molecule has 0 bridgehead atoms. The molecule has 0 N–H and O–H groups in total. The van der Waals surface area contributed by atoms with E-state index in [0.29, 0.717) is 11.4 Å². The van der Waals surface area contributed by atoms with Crippen molar-refractivity contribution in [3.63, 3.8) is 0 Å². The first-order valence-corrected chi connectivity index (χ1v) is 8.96. The van der Waals surface area contributed by atoms with Gasteiger partial charge in [0.2, 0.25) is 0 Å². The van der Waals surface area contributed by atoms with Crippen LogP contribution < -0.4 is 9.64 Å². The summed E-state index contributed by atoms with van der Waals surface area (Å²) in [6, 6.07) is 16.6. The molecule has 0 fully saturated rings. The number of rotatable bonds is 6. The van der Waals surface area contributed by atoms with Crippen LogP contribution >= 0.6 is 0 Å². The lowest BCUT2D eigenvalue weighted by molar-refractivity contribution is -0.120. The number of nitrogens with zero attached hydrogens (tertiary/aromatic N) is 2. The molecule has 0 aliphatic heterocycles. The minimum Gasteiger partial charge on any atom is -0.484 e. The molecule has 0 aromatic heterocycles. The van der Waals surface area contributed by atoms with Gasteiger partial charge in [-0.1, -0.05) is 18.2 Å². The zero-order valence-corrected chi connectivity index (χ0v) is 13.9. The predicted molar refractivity (Wildman–Crippen MR) is 89.5 cm³/mol. The zero-order valence-electron chi connectivity index (χ0n) is 13.0. The SMILES string of the molecule is CS(=O)(=O)c1ccc(OCC(=O)N(CC#N)c2ccccc2)cc1. The third-order valence-corrected chi connectivity index (χ3v) is 4.34. The van der Waals surface area contributed by atoms with Crippen LogP contribution in [0, 0.1) is 11.3 Å². The van der Waals surface area contributed by atoms with Crippen molar-refractivity contribution in [2.75, 3.05) is 24.3 Å². The molecule has 6 nitrogen and oxygen atoms in total. The second-order valence-electron chi connectivity index (χ2n) is 5.01. The smallest absolute Gasteiger partial charge is 0.265 e. The van der Waals surface area contributed by atoms with Crippen molar-refractivity contribution in [3.8, 4) is 11.8 Å². The average molecular weight is 344 g/mol. The summed E-state index contributed by atoms with van der Waals surface area (Å²) in [5, 5.41) is 8.90. The first-order valence-electron chi connectivity index (χ1n) is 7.07. The summed E-state index contributed by atoms with van der Waals surface area (Å²) in [6.45, 7) is -0.339. The summed E-state index contributed by atoms with van der Waals surface area (Å²) in [7, 11) is -3.27. The highest BCUT2D eigenvalue weighted by Gasteiger charge is 2.16. The van der Waals surface area contributed by atoms with E-state index in [4.69, 9.17) is 10.00 Å². The van der Waals surface area contributed by atoms with E-state index in [1.807, 2.05) is 12.1 Å². The minimum atomic E-state index is -3.27. The van der Waals surface area contributed by atoms with Gasteiger partial charge in [0.15, 0.2) is 16.4 Å². The Labute approximate surface area is 140 Å². The number of para-hydroxylation sites is 1. The van der Waals surface area contributed by atoms with Crippen LogP contribution in [0.5, 0.6) is 5.75 Å². The third-order valence-electron chi connectivity index (χ3n) is 3.21. The van der Waals surface area contributed by atoms with Crippen LogP contribution in [0.4, 0.5) is 5.69 Å². The van der Waals surface area contributed by atoms with Gasteiger partial charge in [-0.2, -0.15) is 5.26 Å². The van der Waals surface area contributed by atoms with Crippen molar-refractivity contribution in [2.45, 2.75) is 4.90 Å². The topological polar surface area (TPSA) is 87.5 Å². The van der Waals surface area contributed by atoms with Crippen LogP contribution in [-0.2, 0) is 14.6 Å². The number of anilines is 1. The maximum atomic E-state index is 12.3. The largest absolute Gasteiger partial charge is 0.484 e. The Hall–Kier alpha value is -2.85. The Morgan fingerprint density at radius 2 is 1.75 bits per heavy atom. The monoisotopic (exact) mass is 344 g/mol. The Kier molecular flexibility index (Phi) is 5.55. The molecule has 2 aromatic carbocycles. The number of nitriles is 1. The van der Waals surface area contributed by atoms with E-state index in [1.54, 1.807) is 24.3 Å². The highest BCUT2D eigenvalue weighted by Crippen LogP contribution is 2.17. The Bertz CT molecular complexity index is 840. The zero-order chi connectivity index (χ0) is 17.6. The lowest BCUT2D eigenvalue weighted by Crippen LogP contribution is -2.35. The molecule has 0 saturated carbocycles. The number of sulfone groups is 1. The van der Waals surface area contributed by atoms with E-state index in [1.165, 1.54) is 29.2 Å². The summed E-state index contributed by atoms with van der Waals surface area (Å²) in [4.78, 5) is 13.8. The van der Waals surface area contributed by atoms with Crippen molar-refractivity contribution in [1.29, 1.82) is 5.26 Å². The normalized spacial score (nSPS) is 10.7. The molecule has 2 aromatic rings. The summed E-state index contributed by atoms with van der Waals surface area (Å²) in [5.74, 6) is 0.00987. The van der Waals surface area contributed by atoms with E-state index < -0.39 is 9.84 Å². The molecule has 0 heterocycles. The first-order chi connectivity index (χ1) is 11.4. The molecular weight excluding hydrogens is 328 g/mol. The van der Waals surface area contributed by atoms with Crippen LogP contribution in [0.1, 0.15) is 0 Å². The van der Waals surface area contributed by atoms with Crippen LogP contribution in [0.3, 0.4) is 0 Å². The molecule has 0 unspecified atom stereocenters. The summed E-state index contributed by atoms with van der Waals surface area (Å²) in [5.41, 5.74) is 0.611. The van der Waals surface area contributed by atoms with Gasteiger partial charge in [-0.25, -0.2) is 8.42 Å². The van der Waals surface area contributed by atoms with E-state index in [-0.39, 0.29) is 24.0 Å². The van der Waals surface area contributed by atoms with Gasteiger partial charge in [0.05, 0.1) is 11.0 Å². The number of amides is 1. The first kappa shape index (κ1) is 17.5. The number of benzene rings is 2. The average Bonchev–Trinajstić information content (AvgIpc) is 2.58. The maximum absolute atomic E-state index is 12.3. The van der Waals surface area contributed by atoms with E-state index in [9.17, 15) is 13.2 Å². The van der Waals surface area contributed by atoms with Crippen molar-refractivity contribution < 1.29 is 17.9 Å². The second kappa shape index (κ2) is 7.62. The van der Waals surface area contributed by atoms with Crippen LogP contribution in [0.25, 0.3) is 0 Å². The van der Waals surface area contributed by atoms with E-state index in [2.05, 4.69) is 0 Å². The fourth-order valence-corrected chi connectivity index (χ4v) is 2.64. The quantitative estimate of drug-likeness (QED) is 0.748. The van der Waals surface area contributed by atoms with Crippen LogP contribution in [-0.4, -0.2) is 33.7 Å². The van der Waals surface area contributed by atoms with Crippen molar-refractivity contribution in [2.24, 2.45) is 0 Å². The van der Waals surface area contributed by atoms with Gasteiger partial charge in [0, 0.05) is 11.9 Å². The van der Waals surface area contributed by atoms with Crippen molar-refractivity contribution >= 4 is 21.4 Å². The molecule has 24 heavy (non-hydrogen) atoms. The molecule has 0 aliphatic rings. The fraction of sp³-hybridized carbons (Fsp3) is 0.176. The number of carbonyl (C=O) groups excluding carboxylic acids is 1. The number of hydrogen-bond acceptors (Lipinski definition) is 5. The Morgan fingerprint density at radius 3 is 2.29 bits per heavy atom. The van der Waals surface area contributed by atoms with Crippen molar-refractivity contribution in [1.82, 2.24) is 0 Å². The van der Waals surface area contributed by atoms with Gasteiger partial charge in [-0.15, -0.1) is 0 Å². The summed E-state index contributed by atoms with van der Waals surface area (Å²) in [6.07, 6.45) is 1.12. The third kappa shape index (κ3) is 4.57. The van der Waals surface area contributed by atoms with Gasteiger partial charge >= 0.3 is 0 Å². The fourth-order valence-electron chi connectivity index (χ4n) is 2.01. The summed E-state index contributed by atoms with van der Waals surface area (Å²) < 4.78 is 28.2. The molecule has 0 atom stereocenters. The lowest BCUT2D eigenvalue weighted by atomic mass is 10.3. The summed E-state index contributed by atoms with van der Waals surface area (Å²) >= 11 is 0. The molecule has 0 radical (unpaired) electrons. The highest BCUT2D eigenvalue weighted by atomic mass is 32.2. The molecular formula is C17H16N2O4S. The van der Waals surface area contributed by atoms with Crippen molar-refractivity contribution in [3.05, 3.63) is 54.6 Å². The standard InChI is InChI=1S/C17H16N2O4S/c1-24(21,22)16-9-7-15(8-10-16)23-13-17(20)19(12-11-18)14-5-3-2-4-6-14/h2-10H,12-13H2,1H3. The number of ether oxygens (including phenoxy) is 1. The maximum Gasteiger partial charge on any atom is 0.265 e. The molecule has 1 amide bonds. The molecule has 124 valence electrons. The number of carbonyl (C=O) groups is 1. The van der Waals surface area contributed by atoms with E-state index >= 15 is 0 Å². The molecule has 2 rings (SSSR count). The Balaban J connectivity index is 2.04. The van der Waals surface area contributed by atoms with Gasteiger partial charge in [0.25, 0.3) is 5.91 Å². The molecule has 0 saturated heterocycles. The van der Waals surface area contributed by atoms with Crippen LogP contribution in [0.2, 0.25) is 0 Å². The van der Waals surface area contributed by atoms with Gasteiger partial charge < -0.3 is 4.74 Å². The van der Waals surface area contributed by atoms with Gasteiger partial charge in [-0.05, 0) is 36.4 Å². The molecule has 0 spiro atoms. The molecule has 0 aliphatic carbocycles. The minimum absolute atomic E-state index is 0.0841. The highest BCUT2D eigenvalue weighted by molar-refractivity contribution is 7.90. The van der Waals surface area contributed by atoms with Gasteiger partial charge in [0.1, 0.15) is 12.3 Å². The van der Waals surface area contributed by atoms with E-state index in [0.717, 1.165) is 6.26 Å². The Morgan fingerprint density at radius 1 is 1.12 bits per heavy atom. The van der Waals surface area contributed by atoms with Crippen LogP contribution in [0.15, 0.2) is 59.5 Å². The van der Waals surface area contributed by atoms with Gasteiger partial charge in [-0.3, -0.25) is 9.69 Å². The second-order valence-corrected chi connectivity index (χ2v) is 7.02.